The molecule has 0 aromatic rings. The van der Waals surface area contributed by atoms with E-state index in [-0.39, 0.29) is 11.9 Å². The average Bonchev–Trinajstić information content (AvgIpc) is 2.17. The van der Waals surface area contributed by atoms with Crippen LogP contribution in [0.4, 0.5) is 0 Å². The van der Waals surface area contributed by atoms with Crippen molar-refractivity contribution >= 4 is 5.91 Å². The maximum Gasteiger partial charge on any atom is 0.237 e. The Morgan fingerprint density at radius 1 is 1.43 bits per heavy atom. The Bertz CT molecular complexity index is 208. The SMILES string of the molecule is C#CC(CCC)NC(=O)[C@@H](N)CCC. The summed E-state index contributed by atoms with van der Waals surface area (Å²) in [4.78, 5) is 11.4. The van der Waals surface area contributed by atoms with Crippen LogP contribution in [-0.4, -0.2) is 18.0 Å². The highest BCUT2D eigenvalue weighted by Crippen LogP contribution is 1.98. The van der Waals surface area contributed by atoms with Crippen molar-refractivity contribution in [2.75, 3.05) is 0 Å². The van der Waals surface area contributed by atoms with E-state index in [4.69, 9.17) is 12.2 Å². The Balaban J connectivity index is 3.96. The molecule has 14 heavy (non-hydrogen) atoms. The van der Waals surface area contributed by atoms with Crippen LogP contribution in [0.15, 0.2) is 0 Å². The highest BCUT2D eigenvalue weighted by molar-refractivity contribution is 5.82. The van der Waals surface area contributed by atoms with Gasteiger partial charge in [0.05, 0.1) is 12.1 Å². The summed E-state index contributed by atoms with van der Waals surface area (Å²) >= 11 is 0. The molecule has 0 saturated carbocycles. The fourth-order valence-corrected chi connectivity index (χ4v) is 1.21. The number of hydrogen-bond donors (Lipinski definition) is 2. The van der Waals surface area contributed by atoms with Crippen LogP contribution in [0.2, 0.25) is 0 Å². The van der Waals surface area contributed by atoms with Gasteiger partial charge in [-0.25, -0.2) is 0 Å². The quantitative estimate of drug-likeness (QED) is 0.623. The fourth-order valence-electron chi connectivity index (χ4n) is 1.21. The van der Waals surface area contributed by atoms with Crippen LogP contribution in [-0.2, 0) is 4.79 Å². The van der Waals surface area contributed by atoms with Crippen LogP contribution in [0.25, 0.3) is 0 Å². The molecule has 0 bridgehead atoms. The van der Waals surface area contributed by atoms with Crippen molar-refractivity contribution in [3.05, 3.63) is 0 Å². The fraction of sp³-hybridized carbons (Fsp3) is 0.727. The first-order valence-corrected chi connectivity index (χ1v) is 5.17. The van der Waals surface area contributed by atoms with Crippen molar-refractivity contribution in [3.8, 4) is 12.3 Å². The monoisotopic (exact) mass is 196 g/mol. The molecule has 1 amide bonds. The molecule has 0 fully saturated rings. The molecule has 0 aromatic carbocycles. The van der Waals surface area contributed by atoms with Crippen molar-refractivity contribution in [2.24, 2.45) is 5.73 Å². The van der Waals surface area contributed by atoms with Crippen molar-refractivity contribution in [1.29, 1.82) is 0 Å². The third kappa shape index (κ3) is 4.88. The Morgan fingerprint density at radius 3 is 2.43 bits per heavy atom. The van der Waals surface area contributed by atoms with Gasteiger partial charge < -0.3 is 11.1 Å². The molecule has 0 heterocycles. The summed E-state index contributed by atoms with van der Waals surface area (Å²) in [6.07, 6.45) is 8.65. The molecular formula is C11H20N2O. The predicted octanol–water partition coefficient (Wildman–Crippen LogP) is 1.03. The van der Waals surface area contributed by atoms with E-state index in [2.05, 4.69) is 11.2 Å². The van der Waals surface area contributed by atoms with Gasteiger partial charge in [-0.05, 0) is 12.8 Å². The number of nitrogens with one attached hydrogen (secondary N) is 1. The van der Waals surface area contributed by atoms with Crippen LogP contribution < -0.4 is 11.1 Å². The van der Waals surface area contributed by atoms with Gasteiger partial charge in [-0.15, -0.1) is 6.42 Å². The smallest absolute Gasteiger partial charge is 0.237 e. The van der Waals surface area contributed by atoms with Gasteiger partial charge in [-0.1, -0.05) is 32.6 Å². The Hall–Kier alpha value is -1.01. The molecule has 1 unspecified atom stereocenters. The number of carbonyl (C=O) groups is 1. The van der Waals surface area contributed by atoms with Gasteiger partial charge in [0.15, 0.2) is 0 Å². The summed E-state index contributed by atoms with van der Waals surface area (Å²) in [6, 6.07) is -0.594. The van der Waals surface area contributed by atoms with E-state index in [0.717, 1.165) is 19.3 Å². The van der Waals surface area contributed by atoms with Crippen LogP contribution in [0, 0.1) is 12.3 Å². The first-order chi connectivity index (χ1) is 6.65. The molecule has 0 aliphatic carbocycles. The van der Waals surface area contributed by atoms with E-state index in [1.54, 1.807) is 0 Å². The lowest BCUT2D eigenvalue weighted by Gasteiger charge is -2.15. The Labute approximate surface area is 86.4 Å². The van der Waals surface area contributed by atoms with E-state index < -0.39 is 6.04 Å². The van der Waals surface area contributed by atoms with E-state index in [0.29, 0.717) is 6.42 Å². The molecule has 0 radical (unpaired) electrons. The minimum absolute atomic E-state index is 0.136. The van der Waals surface area contributed by atoms with E-state index >= 15 is 0 Å². The molecule has 3 N–H and O–H groups in total. The lowest BCUT2D eigenvalue weighted by atomic mass is 10.1. The van der Waals surface area contributed by atoms with E-state index in [9.17, 15) is 4.79 Å². The number of nitrogens with two attached hydrogens (primary N) is 1. The first kappa shape index (κ1) is 13.0. The van der Waals surface area contributed by atoms with Crippen molar-refractivity contribution in [2.45, 2.75) is 51.6 Å². The van der Waals surface area contributed by atoms with Crippen molar-refractivity contribution < 1.29 is 4.79 Å². The second-order valence-corrected chi connectivity index (χ2v) is 3.41. The number of hydrogen-bond acceptors (Lipinski definition) is 2. The Kier molecular flexibility index (Phi) is 6.87. The standard InChI is InChI=1S/C11H20N2O/c1-4-7-9(6-3)13-11(14)10(12)8-5-2/h3,9-10H,4-5,7-8,12H2,1-2H3,(H,13,14)/t9?,10-/m0/s1. The molecule has 0 aliphatic heterocycles. The second kappa shape index (κ2) is 7.40. The molecule has 80 valence electrons. The minimum Gasteiger partial charge on any atom is -0.341 e. The highest BCUT2D eigenvalue weighted by atomic mass is 16.2. The zero-order valence-corrected chi connectivity index (χ0v) is 9.05. The maximum absolute atomic E-state index is 11.4. The number of rotatable bonds is 6. The lowest BCUT2D eigenvalue weighted by molar-refractivity contribution is -0.122. The molecule has 0 aliphatic rings. The molecule has 0 aromatic heterocycles. The van der Waals surface area contributed by atoms with Crippen LogP contribution in [0.1, 0.15) is 39.5 Å². The molecule has 2 atom stereocenters. The number of amides is 1. The third-order valence-corrected chi connectivity index (χ3v) is 2.03. The molecule has 0 saturated heterocycles. The molecule has 3 nitrogen and oxygen atoms in total. The van der Waals surface area contributed by atoms with Gasteiger partial charge in [-0.2, -0.15) is 0 Å². The van der Waals surface area contributed by atoms with E-state index in [1.165, 1.54) is 0 Å². The van der Waals surface area contributed by atoms with E-state index in [1.807, 2.05) is 13.8 Å². The lowest BCUT2D eigenvalue weighted by Crippen LogP contribution is -2.44. The maximum atomic E-state index is 11.4. The number of terminal acetylenes is 1. The number of carbonyl (C=O) groups excluding carboxylic acids is 1. The van der Waals surface area contributed by atoms with Crippen LogP contribution in [0.3, 0.4) is 0 Å². The zero-order valence-electron chi connectivity index (χ0n) is 9.05. The summed E-state index contributed by atoms with van der Waals surface area (Å²) in [5.74, 6) is 2.41. The molecule has 3 heteroatoms. The minimum atomic E-state index is -0.423. The molecule has 0 rings (SSSR count). The largest absolute Gasteiger partial charge is 0.341 e. The van der Waals surface area contributed by atoms with Crippen LogP contribution >= 0.6 is 0 Å². The topological polar surface area (TPSA) is 55.1 Å². The summed E-state index contributed by atoms with van der Waals surface area (Å²) in [6.45, 7) is 4.03. The van der Waals surface area contributed by atoms with Crippen molar-refractivity contribution in [3.63, 3.8) is 0 Å². The summed E-state index contributed by atoms with van der Waals surface area (Å²) in [5.41, 5.74) is 5.65. The van der Waals surface area contributed by atoms with Crippen LogP contribution in [0.5, 0.6) is 0 Å². The summed E-state index contributed by atoms with van der Waals surface area (Å²) < 4.78 is 0. The summed E-state index contributed by atoms with van der Waals surface area (Å²) in [7, 11) is 0. The van der Waals surface area contributed by atoms with Gasteiger partial charge in [0.2, 0.25) is 5.91 Å². The first-order valence-electron chi connectivity index (χ1n) is 5.17. The third-order valence-electron chi connectivity index (χ3n) is 2.03. The van der Waals surface area contributed by atoms with Gasteiger partial charge in [0.25, 0.3) is 0 Å². The van der Waals surface area contributed by atoms with Gasteiger partial charge in [0.1, 0.15) is 0 Å². The van der Waals surface area contributed by atoms with Crippen molar-refractivity contribution in [1.82, 2.24) is 5.32 Å². The zero-order chi connectivity index (χ0) is 11.0. The average molecular weight is 196 g/mol. The van der Waals surface area contributed by atoms with Gasteiger partial charge in [0, 0.05) is 0 Å². The highest BCUT2D eigenvalue weighted by Gasteiger charge is 2.14. The molecular weight excluding hydrogens is 176 g/mol. The predicted molar refractivity (Wildman–Crippen MR) is 58.6 cm³/mol. The molecule has 0 spiro atoms. The normalized spacial score (nSPS) is 14.1. The summed E-state index contributed by atoms with van der Waals surface area (Å²) in [5, 5.41) is 2.75. The Morgan fingerprint density at radius 2 is 2.00 bits per heavy atom. The second-order valence-electron chi connectivity index (χ2n) is 3.41. The van der Waals surface area contributed by atoms with Gasteiger partial charge in [-0.3, -0.25) is 4.79 Å². The van der Waals surface area contributed by atoms with Gasteiger partial charge >= 0.3 is 0 Å².